The minimum absolute atomic E-state index is 0.000192. The van der Waals surface area contributed by atoms with Crippen molar-refractivity contribution in [1.82, 2.24) is 0 Å². The molecule has 1 fully saturated rings. The molecule has 6 atom stereocenters. The van der Waals surface area contributed by atoms with Gasteiger partial charge in [0.2, 0.25) is 0 Å². The van der Waals surface area contributed by atoms with E-state index in [0.29, 0.717) is 23.5 Å². The maximum atomic E-state index is 12.8. The van der Waals surface area contributed by atoms with Crippen molar-refractivity contribution in [3.8, 4) is 5.75 Å². The number of aryl methyl sites for hydroxylation is 1. The van der Waals surface area contributed by atoms with E-state index in [1.807, 2.05) is 32.9 Å². The Balaban J connectivity index is 1.72. The van der Waals surface area contributed by atoms with Crippen LogP contribution in [0.2, 0.25) is 0 Å². The van der Waals surface area contributed by atoms with Gasteiger partial charge in [-0.05, 0) is 69.6 Å². The van der Waals surface area contributed by atoms with Gasteiger partial charge in [0.25, 0.3) is 0 Å². The summed E-state index contributed by atoms with van der Waals surface area (Å²) in [6, 6.07) is 0. The molecule has 0 aromatic carbocycles. The van der Waals surface area contributed by atoms with Crippen LogP contribution in [0.4, 0.5) is 0 Å². The van der Waals surface area contributed by atoms with Crippen LogP contribution in [0.5, 0.6) is 5.75 Å². The van der Waals surface area contributed by atoms with Crippen LogP contribution in [0.15, 0.2) is 44.7 Å². The number of rotatable bonds is 0. The molecule has 0 bridgehead atoms. The van der Waals surface area contributed by atoms with Crippen molar-refractivity contribution in [2.24, 2.45) is 22.7 Å². The van der Waals surface area contributed by atoms with Crippen molar-refractivity contribution in [1.29, 1.82) is 0 Å². The first-order valence-electron chi connectivity index (χ1n) is 11.5. The summed E-state index contributed by atoms with van der Waals surface area (Å²) < 4.78 is 12.3. The molecule has 0 saturated heterocycles. The van der Waals surface area contributed by atoms with Gasteiger partial charge in [0, 0.05) is 23.3 Å². The summed E-state index contributed by atoms with van der Waals surface area (Å²) >= 11 is 0. The molecule has 1 aliphatic heterocycles. The van der Waals surface area contributed by atoms with E-state index in [9.17, 15) is 14.7 Å². The van der Waals surface area contributed by atoms with E-state index < -0.39 is 22.5 Å². The number of allylic oxidation sites excluding steroid dienone is 4. The van der Waals surface area contributed by atoms with Crippen LogP contribution < -0.4 is 10.4 Å². The molecule has 5 heteroatoms. The fraction of sp³-hybridized carbons (Fsp3) is 0.556. The normalized spacial score (nSPS) is 40.1. The number of hydrogen-bond donors (Lipinski definition) is 1. The lowest BCUT2D eigenvalue weighted by atomic mass is 9.42. The van der Waals surface area contributed by atoms with Gasteiger partial charge in [-0.3, -0.25) is 4.79 Å². The van der Waals surface area contributed by atoms with E-state index in [-0.39, 0.29) is 23.2 Å². The Kier molecular flexibility index (Phi) is 4.40. The molecule has 1 N–H and O–H groups in total. The first-order chi connectivity index (χ1) is 14.9. The summed E-state index contributed by atoms with van der Waals surface area (Å²) in [4.78, 5) is 25.1. The van der Waals surface area contributed by atoms with Crippen LogP contribution in [-0.4, -0.2) is 22.6 Å². The molecule has 6 unspecified atom stereocenters. The molecule has 32 heavy (non-hydrogen) atoms. The van der Waals surface area contributed by atoms with Crippen LogP contribution >= 0.6 is 0 Å². The smallest absolute Gasteiger partial charge is 0.343 e. The maximum absolute atomic E-state index is 12.8. The van der Waals surface area contributed by atoms with E-state index in [1.165, 1.54) is 0 Å². The highest BCUT2D eigenvalue weighted by molar-refractivity contribution is 6.00. The highest BCUT2D eigenvalue weighted by Gasteiger charge is 2.68. The van der Waals surface area contributed by atoms with Crippen LogP contribution in [0.1, 0.15) is 57.4 Å². The molecule has 5 nitrogen and oxygen atoms in total. The second-order valence-electron chi connectivity index (χ2n) is 10.8. The fourth-order valence-electron chi connectivity index (χ4n) is 7.57. The van der Waals surface area contributed by atoms with E-state index in [1.54, 1.807) is 19.1 Å². The second kappa shape index (κ2) is 6.57. The Labute approximate surface area is 188 Å². The van der Waals surface area contributed by atoms with Crippen LogP contribution in [0.25, 0.3) is 0 Å². The van der Waals surface area contributed by atoms with Gasteiger partial charge in [-0.15, -0.1) is 0 Å². The molecular weight excluding hydrogens is 404 g/mol. The molecule has 2 heterocycles. The third-order valence-electron chi connectivity index (χ3n) is 9.24. The molecule has 4 aliphatic rings. The summed E-state index contributed by atoms with van der Waals surface area (Å²) in [7, 11) is 0. The molecule has 1 saturated carbocycles. The lowest BCUT2D eigenvalue weighted by Gasteiger charge is -2.63. The first-order valence-corrected chi connectivity index (χ1v) is 11.5. The summed E-state index contributed by atoms with van der Waals surface area (Å²) in [5.74, 6) is 1.20. The fourth-order valence-corrected chi connectivity index (χ4v) is 7.57. The molecule has 1 aromatic heterocycles. The van der Waals surface area contributed by atoms with Crippen molar-refractivity contribution in [3.05, 3.63) is 62.8 Å². The molecule has 0 radical (unpaired) electrons. The summed E-state index contributed by atoms with van der Waals surface area (Å²) in [5.41, 5.74) is 1.54. The summed E-state index contributed by atoms with van der Waals surface area (Å²) in [5, 5.41) is 11.5. The summed E-state index contributed by atoms with van der Waals surface area (Å²) in [6.45, 7) is 12.1. The first kappa shape index (κ1) is 21.4. The number of ether oxygens (including phenoxy) is 1. The Morgan fingerprint density at radius 2 is 1.84 bits per heavy atom. The molecule has 1 spiro atoms. The SMILES string of the molecule is CC1=CC(=O)C=CC2(C)C1CCC1(C)C2C(O)C=C(C)C12Cc1c(c(C)c(C)oc1=O)O2. The number of carbonyl (C=O) groups excluding carboxylic acids is 1. The maximum Gasteiger partial charge on any atom is 0.343 e. The highest BCUT2D eigenvalue weighted by Crippen LogP contribution is 2.67. The molecule has 0 amide bonds. The molecule has 3 aliphatic carbocycles. The van der Waals surface area contributed by atoms with Gasteiger partial charge in [-0.2, -0.15) is 0 Å². The zero-order valence-electron chi connectivity index (χ0n) is 19.7. The van der Waals surface area contributed by atoms with E-state index in [4.69, 9.17) is 9.15 Å². The Morgan fingerprint density at radius 3 is 2.56 bits per heavy atom. The lowest BCUT2D eigenvalue weighted by molar-refractivity contribution is -0.158. The van der Waals surface area contributed by atoms with Gasteiger partial charge in [0.1, 0.15) is 17.1 Å². The van der Waals surface area contributed by atoms with Crippen molar-refractivity contribution in [2.45, 2.75) is 72.5 Å². The van der Waals surface area contributed by atoms with E-state index in [2.05, 4.69) is 13.8 Å². The number of aliphatic hydroxyl groups excluding tert-OH is 1. The van der Waals surface area contributed by atoms with Crippen molar-refractivity contribution < 1.29 is 19.1 Å². The Hall–Kier alpha value is -2.40. The Bertz CT molecular complexity index is 1180. The van der Waals surface area contributed by atoms with E-state index in [0.717, 1.165) is 29.6 Å². The third kappa shape index (κ3) is 2.49. The van der Waals surface area contributed by atoms with Gasteiger partial charge in [0.15, 0.2) is 5.78 Å². The van der Waals surface area contributed by atoms with Crippen LogP contribution in [-0.2, 0) is 11.2 Å². The van der Waals surface area contributed by atoms with Crippen LogP contribution in [0.3, 0.4) is 0 Å². The Morgan fingerprint density at radius 1 is 1.12 bits per heavy atom. The zero-order valence-corrected chi connectivity index (χ0v) is 19.7. The standard InChI is InChI=1S/C27H32O5/c1-14-11-18(28)7-9-25(5)20(14)8-10-26(6)23(25)21(29)12-15(2)27(26)13-19-22(32-27)16(3)17(4)31-24(19)30/h7,9,11-12,20-21,23,29H,8,10,13H2,1-6H3. The molecule has 5 rings (SSSR count). The predicted octanol–water partition coefficient (Wildman–Crippen LogP) is 4.38. The van der Waals surface area contributed by atoms with Crippen molar-refractivity contribution in [3.63, 3.8) is 0 Å². The van der Waals surface area contributed by atoms with Gasteiger partial charge in [0.05, 0.1) is 11.7 Å². The minimum Gasteiger partial charge on any atom is -0.481 e. The summed E-state index contributed by atoms with van der Waals surface area (Å²) in [6.07, 6.45) is 8.80. The van der Waals surface area contributed by atoms with Crippen molar-refractivity contribution in [2.75, 3.05) is 0 Å². The van der Waals surface area contributed by atoms with E-state index >= 15 is 0 Å². The number of aliphatic hydroxyl groups is 1. The van der Waals surface area contributed by atoms with Gasteiger partial charge in [-0.25, -0.2) is 4.79 Å². The predicted molar refractivity (Wildman–Crippen MR) is 122 cm³/mol. The second-order valence-corrected chi connectivity index (χ2v) is 10.8. The number of carbonyl (C=O) groups is 1. The van der Waals surface area contributed by atoms with Gasteiger partial charge in [-0.1, -0.05) is 31.6 Å². The highest BCUT2D eigenvalue weighted by atomic mass is 16.5. The third-order valence-corrected chi connectivity index (χ3v) is 9.24. The van der Waals surface area contributed by atoms with Gasteiger partial charge >= 0.3 is 5.63 Å². The molecular formula is C27H32O5. The quantitative estimate of drug-likeness (QED) is 0.611. The van der Waals surface area contributed by atoms with Crippen molar-refractivity contribution >= 4 is 5.78 Å². The minimum atomic E-state index is -0.734. The average Bonchev–Trinajstić information content (AvgIpc) is 3.08. The topological polar surface area (TPSA) is 76.7 Å². The monoisotopic (exact) mass is 436 g/mol. The lowest BCUT2D eigenvalue weighted by Crippen LogP contribution is -2.66. The number of hydrogen-bond acceptors (Lipinski definition) is 5. The molecule has 170 valence electrons. The molecule has 1 aromatic rings. The van der Waals surface area contributed by atoms with Crippen LogP contribution in [0, 0.1) is 36.5 Å². The number of ketones is 1. The number of fused-ring (bicyclic) bond motifs is 5. The largest absolute Gasteiger partial charge is 0.481 e. The average molecular weight is 437 g/mol. The zero-order chi connectivity index (χ0) is 23.2. The van der Waals surface area contributed by atoms with Gasteiger partial charge < -0.3 is 14.3 Å².